The molecule has 2 heterocycles. The van der Waals surface area contributed by atoms with Crippen molar-refractivity contribution in [2.45, 2.75) is 45.1 Å². The lowest BCUT2D eigenvalue weighted by atomic mass is 9.94. The van der Waals surface area contributed by atoms with Crippen molar-refractivity contribution in [1.29, 1.82) is 0 Å². The molecule has 8 nitrogen and oxygen atoms in total. The second kappa shape index (κ2) is 11.1. The summed E-state index contributed by atoms with van der Waals surface area (Å²) >= 11 is 6.75. The molecule has 3 amide bonds. The van der Waals surface area contributed by atoms with Crippen LogP contribution in [0.3, 0.4) is 0 Å². The largest absolute Gasteiger partial charge is 0.462 e. The van der Waals surface area contributed by atoms with Crippen molar-refractivity contribution in [2.24, 2.45) is 0 Å². The van der Waals surface area contributed by atoms with Crippen LogP contribution in [0.4, 0.5) is 11.4 Å². The number of ether oxygens (including phenoxy) is 1. The normalized spacial score (nSPS) is 19.7. The van der Waals surface area contributed by atoms with Gasteiger partial charge in [0.05, 0.1) is 28.3 Å². The number of hydrogen-bond acceptors (Lipinski definition) is 7. The van der Waals surface area contributed by atoms with E-state index in [0.29, 0.717) is 37.3 Å². The number of carbonyl (C=O) groups is 4. The number of thioether (sulfide) groups is 1. The Balaban J connectivity index is 1.36. The van der Waals surface area contributed by atoms with E-state index in [1.165, 1.54) is 16.7 Å². The first kappa shape index (κ1) is 26.1. The number of hydrogen-bond donors (Lipinski definition) is 1. The van der Waals surface area contributed by atoms with E-state index in [0.717, 1.165) is 32.1 Å². The Labute approximate surface area is 230 Å². The van der Waals surface area contributed by atoms with E-state index >= 15 is 0 Å². The van der Waals surface area contributed by atoms with Gasteiger partial charge in [-0.2, -0.15) is 0 Å². The maximum absolute atomic E-state index is 13.7. The third kappa shape index (κ3) is 4.98. The molecule has 10 heteroatoms. The minimum absolute atomic E-state index is 0.0678. The third-order valence-electron chi connectivity index (χ3n) is 6.87. The number of thiocarbonyl (C=S) groups is 1. The zero-order valence-electron chi connectivity index (χ0n) is 20.9. The second-order valence-electron chi connectivity index (χ2n) is 9.29. The molecule has 0 bridgehead atoms. The Morgan fingerprint density at radius 2 is 1.74 bits per heavy atom. The van der Waals surface area contributed by atoms with Gasteiger partial charge in [-0.1, -0.05) is 61.4 Å². The van der Waals surface area contributed by atoms with E-state index in [-0.39, 0.29) is 25.1 Å². The van der Waals surface area contributed by atoms with Crippen LogP contribution in [0.5, 0.6) is 0 Å². The average Bonchev–Trinajstić information content (AvgIpc) is 3.36. The van der Waals surface area contributed by atoms with Crippen molar-refractivity contribution in [2.75, 3.05) is 23.4 Å². The molecule has 1 N–H and O–H groups in total. The summed E-state index contributed by atoms with van der Waals surface area (Å²) in [6.07, 6.45) is 5.10. The Morgan fingerprint density at radius 3 is 2.45 bits per heavy atom. The molecule has 5 rings (SSSR count). The molecule has 0 unspecified atom stereocenters. The molecule has 2 fully saturated rings. The molecule has 0 atom stereocenters. The molecule has 2 aliphatic heterocycles. The number of nitrogens with zero attached hydrogens (tertiary/aromatic N) is 2. The van der Waals surface area contributed by atoms with Crippen LogP contribution < -0.4 is 10.2 Å². The molecule has 3 aliphatic rings. The van der Waals surface area contributed by atoms with Crippen molar-refractivity contribution in [3.8, 4) is 0 Å². The monoisotopic (exact) mass is 549 g/mol. The SMILES string of the molecule is CCOC(=O)c1ccc(NC(=O)CN2C(=O)/C(=C3\SC(=S)N(C4CCCCC4)C3=O)c3ccccc32)cc1. The summed E-state index contributed by atoms with van der Waals surface area (Å²) in [6, 6.07) is 13.6. The van der Waals surface area contributed by atoms with Crippen molar-refractivity contribution in [3.05, 3.63) is 64.6 Å². The third-order valence-corrected chi connectivity index (χ3v) is 8.27. The summed E-state index contributed by atoms with van der Waals surface area (Å²) in [7, 11) is 0. The van der Waals surface area contributed by atoms with Crippen LogP contribution in [0.15, 0.2) is 53.4 Å². The van der Waals surface area contributed by atoms with Gasteiger partial charge in [0.25, 0.3) is 11.8 Å². The first-order valence-corrected chi connectivity index (χ1v) is 13.9. The average molecular weight is 550 g/mol. The predicted molar refractivity (Wildman–Crippen MR) is 151 cm³/mol. The zero-order chi connectivity index (χ0) is 26.8. The highest BCUT2D eigenvalue weighted by molar-refractivity contribution is 8.26. The molecule has 2 aromatic carbocycles. The maximum atomic E-state index is 13.7. The van der Waals surface area contributed by atoms with Gasteiger partial charge in [-0.3, -0.25) is 24.2 Å². The minimum atomic E-state index is -0.439. The van der Waals surface area contributed by atoms with Gasteiger partial charge in [0.1, 0.15) is 10.9 Å². The molecule has 196 valence electrons. The number of nitrogens with one attached hydrogen (secondary N) is 1. The summed E-state index contributed by atoms with van der Waals surface area (Å²) in [5.41, 5.74) is 2.35. The van der Waals surface area contributed by atoms with Crippen molar-refractivity contribution in [3.63, 3.8) is 0 Å². The number of amides is 3. The molecule has 0 aromatic heterocycles. The molecule has 2 aromatic rings. The van der Waals surface area contributed by atoms with Gasteiger partial charge in [0.2, 0.25) is 5.91 Å². The maximum Gasteiger partial charge on any atom is 0.338 e. The number of rotatable bonds is 6. The highest BCUT2D eigenvalue weighted by Gasteiger charge is 2.44. The Morgan fingerprint density at radius 1 is 1.03 bits per heavy atom. The van der Waals surface area contributed by atoms with Gasteiger partial charge in [-0.25, -0.2) is 4.79 Å². The van der Waals surface area contributed by atoms with E-state index in [4.69, 9.17) is 17.0 Å². The summed E-state index contributed by atoms with van der Waals surface area (Å²) < 4.78 is 5.46. The number of para-hydroxylation sites is 1. The first-order chi connectivity index (χ1) is 18.4. The van der Waals surface area contributed by atoms with Crippen LogP contribution in [0.25, 0.3) is 5.57 Å². The van der Waals surface area contributed by atoms with Gasteiger partial charge in [-0.15, -0.1) is 0 Å². The zero-order valence-corrected chi connectivity index (χ0v) is 22.5. The highest BCUT2D eigenvalue weighted by Crippen LogP contribution is 2.45. The van der Waals surface area contributed by atoms with Crippen molar-refractivity contribution in [1.82, 2.24) is 4.90 Å². The van der Waals surface area contributed by atoms with E-state index in [2.05, 4.69) is 5.32 Å². The quantitative estimate of drug-likeness (QED) is 0.316. The molecule has 1 saturated heterocycles. The fourth-order valence-electron chi connectivity index (χ4n) is 5.09. The van der Waals surface area contributed by atoms with Crippen LogP contribution in [0.2, 0.25) is 0 Å². The smallest absolute Gasteiger partial charge is 0.338 e. The van der Waals surface area contributed by atoms with Crippen molar-refractivity contribution < 1.29 is 23.9 Å². The Hall–Kier alpha value is -3.50. The summed E-state index contributed by atoms with van der Waals surface area (Å²) in [4.78, 5) is 55.4. The number of anilines is 2. The summed E-state index contributed by atoms with van der Waals surface area (Å²) in [5, 5.41) is 2.77. The molecular formula is C28H27N3O5S2. The highest BCUT2D eigenvalue weighted by atomic mass is 32.2. The molecule has 0 radical (unpaired) electrons. The lowest BCUT2D eigenvalue weighted by molar-refractivity contribution is -0.124. The Bertz CT molecular complexity index is 1350. The summed E-state index contributed by atoms with van der Waals surface area (Å²) in [5.74, 6) is -1.47. The van der Waals surface area contributed by atoms with Crippen molar-refractivity contribution >= 4 is 68.9 Å². The van der Waals surface area contributed by atoms with E-state index < -0.39 is 17.8 Å². The Kier molecular flexibility index (Phi) is 7.62. The molecule has 1 saturated carbocycles. The van der Waals surface area contributed by atoms with E-state index in [1.807, 2.05) is 6.07 Å². The van der Waals surface area contributed by atoms with Crippen LogP contribution in [-0.2, 0) is 19.1 Å². The second-order valence-corrected chi connectivity index (χ2v) is 10.9. The van der Waals surface area contributed by atoms with Crippen LogP contribution >= 0.6 is 24.0 Å². The van der Waals surface area contributed by atoms with Gasteiger partial charge < -0.3 is 10.1 Å². The van der Waals surface area contributed by atoms with Crippen LogP contribution in [0.1, 0.15) is 54.9 Å². The van der Waals surface area contributed by atoms with Gasteiger partial charge >= 0.3 is 5.97 Å². The van der Waals surface area contributed by atoms with Crippen LogP contribution in [-0.4, -0.2) is 52.1 Å². The van der Waals surface area contributed by atoms with E-state index in [9.17, 15) is 19.2 Å². The number of carbonyl (C=O) groups excluding carboxylic acids is 4. The summed E-state index contributed by atoms with van der Waals surface area (Å²) in [6.45, 7) is 1.77. The minimum Gasteiger partial charge on any atom is -0.462 e. The lowest BCUT2D eigenvalue weighted by Gasteiger charge is -2.29. The molecular weight excluding hydrogens is 522 g/mol. The first-order valence-electron chi connectivity index (χ1n) is 12.7. The van der Waals surface area contributed by atoms with Gasteiger partial charge in [0.15, 0.2) is 0 Å². The predicted octanol–water partition coefficient (Wildman–Crippen LogP) is 4.75. The number of esters is 1. The standard InChI is InChI=1S/C28H27N3O5S2/c1-2-36-27(35)17-12-14-18(15-13-17)29-22(32)16-30-21-11-7-6-10-20(21)23(25(30)33)24-26(34)31(28(37)38-24)19-8-4-3-5-9-19/h6-7,10-15,19H,2-5,8-9,16H2,1H3,(H,29,32)/b24-23-. The molecule has 0 spiro atoms. The fourth-order valence-corrected chi connectivity index (χ4v) is 6.56. The fraction of sp³-hybridized carbons (Fsp3) is 0.321. The van der Waals surface area contributed by atoms with Gasteiger partial charge in [0, 0.05) is 17.3 Å². The number of fused-ring (bicyclic) bond motifs is 1. The molecule has 38 heavy (non-hydrogen) atoms. The van der Waals surface area contributed by atoms with E-state index in [1.54, 1.807) is 54.3 Å². The van der Waals surface area contributed by atoms with Crippen LogP contribution in [0, 0.1) is 0 Å². The topological polar surface area (TPSA) is 96.0 Å². The number of benzene rings is 2. The molecule has 1 aliphatic carbocycles. The van der Waals surface area contributed by atoms with Gasteiger partial charge in [-0.05, 0) is 50.1 Å². The lowest BCUT2D eigenvalue weighted by Crippen LogP contribution is -2.40.